The molecule has 0 bridgehead atoms. The summed E-state index contributed by atoms with van der Waals surface area (Å²) >= 11 is 0. The van der Waals surface area contributed by atoms with Crippen molar-refractivity contribution in [2.75, 3.05) is 12.3 Å². The third-order valence-electron chi connectivity index (χ3n) is 6.93. The highest BCUT2D eigenvalue weighted by molar-refractivity contribution is 7.60. The average Bonchev–Trinajstić information content (AvgIpc) is 3.54. The van der Waals surface area contributed by atoms with Crippen LogP contribution in [0.15, 0.2) is 12.7 Å². The van der Waals surface area contributed by atoms with Crippen molar-refractivity contribution in [3.05, 3.63) is 43.0 Å². The first-order valence-electron chi connectivity index (χ1n) is 11.6. The standard InChI is InChI=1S/C16H20N8O16P2/c17-13-10-14(19-4-18-13)21(5-20-10)15-12-11(7(37-15)3-36-42(34,35)40-41(31,32)33)38-16(39-12)8(23(27)28)1-6(22(25)26)2-9(16)24(29)30/h4-9,11-12,15H,1-3H2,(H,34,35)(H2,17,18,19)(H2,31,32,33). The number of nitrogens with zero attached hydrogens (tertiary/aromatic N) is 7. The van der Waals surface area contributed by atoms with Gasteiger partial charge in [0.05, 0.1) is 25.8 Å². The van der Waals surface area contributed by atoms with Gasteiger partial charge in [0.2, 0.25) is 6.04 Å². The van der Waals surface area contributed by atoms with Crippen LogP contribution in [-0.4, -0.2) is 97.8 Å². The molecule has 3 fully saturated rings. The molecule has 2 aromatic heterocycles. The van der Waals surface area contributed by atoms with Crippen LogP contribution in [0.2, 0.25) is 0 Å². The van der Waals surface area contributed by atoms with Gasteiger partial charge in [-0.3, -0.25) is 39.4 Å². The molecule has 4 heterocycles. The summed E-state index contributed by atoms with van der Waals surface area (Å²) in [6.45, 7) is -1.02. The van der Waals surface area contributed by atoms with E-state index in [2.05, 4.69) is 23.8 Å². The molecule has 24 nitrogen and oxygen atoms in total. The number of nitrogen functional groups attached to an aromatic ring is 1. The Bertz CT molecular complexity index is 1510. The Morgan fingerprint density at radius 1 is 1.02 bits per heavy atom. The second-order valence-corrected chi connectivity index (χ2v) is 12.2. The van der Waals surface area contributed by atoms with Gasteiger partial charge >= 0.3 is 21.4 Å². The number of phosphoric ester groups is 1. The van der Waals surface area contributed by atoms with E-state index in [0.717, 1.165) is 12.7 Å². The third-order valence-corrected chi connectivity index (χ3v) is 9.08. The second-order valence-electron chi connectivity index (χ2n) is 9.38. The quantitative estimate of drug-likeness (QED) is 0.141. The smallest absolute Gasteiger partial charge is 0.382 e. The van der Waals surface area contributed by atoms with Gasteiger partial charge in [-0.2, -0.15) is 4.31 Å². The Hall–Kier alpha value is -3.31. The molecule has 5 N–H and O–H groups in total. The molecule has 5 rings (SSSR count). The number of nitro groups is 3. The molecule has 26 heteroatoms. The second kappa shape index (κ2) is 10.4. The highest BCUT2D eigenvalue weighted by Crippen LogP contribution is 2.58. The summed E-state index contributed by atoms with van der Waals surface area (Å²) in [6.07, 6.45) is -5.36. The lowest BCUT2D eigenvalue weighted by Crippen LogP contribution is -2.65. The van der Waals surface area contributed by atoms with Gasteiger partial charge in [0.1, 0.15) is 30.2 Å². The number of rotatable bonds is 9. The fraction of sp³-hybridized carbons (Fsp3) is 0.688. The number of hydrogen-bond acceptors (Lipinski definition) is 17. The van der Waals surface area contributed by atoms with Crippen LogP contribution in [0.5, 0.6) is 0 Å². The van der Waals surface area contributed by atoms with Crippen LogP contribution < -0.4 is 5.73 Å². The summed E-state index contributed by atoms with van der Waals surface area (Å²) < 4.78 is 50.3. The molecule has 2 aromatic rings. The molecule has 2 aliphatic heterocycles. The van der Waals surface area contributed by atoms with Crippen molar-refractivity contribution in [2.45, 2.75) is 61.3 Å². The lowest BCUT2D eigenvalue weighted by atomic mass is 9.82. The topological polar surface area (TPSA) is 340 Å². The maximum atomic E-state index is 12.1. The van der Waals surface area contributed by atoms with E-state index >= 15 is 0 Å². The number of anilines is 1. The van der Waals surface area contributed by atoms with E-state index in [1.54, 1.807) is 0 Å². The molecule has 42 heavy (non-hydrogen) atoms. The van der Waals surface area contributed by atoms with Crippen molar-refractivity contribution in [3.63, 3.8) is 0 Å². The van der Waals surface area contributed by atoms with E-state index in [1.807, 2.05) is 0 Å². The van der Waals surface area contributed by atoms with Gasteiger partial charge in [-0.15, -0.1) is 0 Å². The van der Waals surface area contributed by atoms with Crippen LogP contribution in [-0.2, 0) is 32.2 Å². The van der Waals surface area contributed by atoms with Gasteiger partial charge in [-0.25, -0.2) is 24.1 Å². The molecular weight excluding hydrogens is 622 g/mol. The minimum absolute atomic E-state index is 0.0451. The zero-order chi connectivity index (χ0) is 30.8. The fourth-order valence-electron chi connectivity index (χ4n) is 5.28. The van der Waals surface area contributed by atoms with E-state index < -0.39 is 98.3 Å². The molecule has 0 amide bonds. The summed E-state index contributed by atoms with van der Waals surface area (Å²) in [5.41, 5.74) is 5.94. The summed E-state index contributed by atoms with van der Waals surface area (Å²) in [6, 6.07) is -5.92. The van der Waals surface area contributed by atoms with E-state index in [9.17, 15) is 44.4 Å². The molecule has 1 saturated carbocycles. The van der Waals surface area contributed by atoms with Crippen molar-refractivity contribution in [2.24, 2.45) is 0 Å². The molecule has 1 aliphatic carbocycles. The van der Waals surface area contributed by atoms with Gasteiger partial charge < -0.3 is 34.6 Å². The summed E-state index contributed by atoms with van der Waals surface area (Å²) in [5, 5.41) is 35.7. The predicted octanol–water partition coefficient (Wildman–Crippen LogP) is -1.26. The summed E-state index contributed by atoms with van der Waals surface area (Å²) in [4.78, 5) is 72.2. The third kappa shape index (κ3) is 5.32. The first-order chi connectivity index (χ1) is 19.5. The zero-order valence-corrected chi connectivity index (χ0v) is 22.4. The number of fused-ring (bicyclic) bond motifs is 2. The highest BCUT2D eigenvalue weighted by Gasteiger charge is 2.75. The Labute approximate surface area is 231 Å². The SMILES string of the molecule is Nc1ncnc2c1ncn2C1OC(COP(=O)(O)OP(=O)(O)O)C2OC3(OC21)C([N+](=O)[O-])CC([N+](=O)[O-])CC3[N+](=O)[O-]. The number of hydrogen-bond donors (Lipinski definition) is 4. The van der Waals surface area contributed by atoms with Crippen molar-refractivity contribution in [1.82, 2.24) is 19.5 Å². The Morgan fingerprint density at radius 3 is 2.21 bits per heavy atom. The van der Waals surface area contributed by atoms with Crippen LogP contribution in [0.25, 0.3) is 11.2 Å². The number of nitrogens with two attached hydrogens (primary N) is 1. The first kappa shape index (κ1) is 30.2. The van der Waals surface area contributed by atoms with E-state index in [1.165, 1.54) is 4.57 Å². The van der Waals surface area contributed by atoms with E-state index in [0.29, 0.717) is 0 Å². The first-order valence-corrected chi connectivity index (χ1v) is 14.6. The lowest BCUT2D eigenvalue weighted by Gasteiger charge is -2.37. The lowest BCUT2D eigenvalue weighted by molar-refractivity contribution is -0.651. The molecule has 3 aliphatic rings. The largest absolute Gasteiger partial charge is 0.481 e. The molecule has 0 aromatic carbocycles. The van der Waals surface area contributed by atoms with Crippen LogP contribution in [0.1, 0.15) is 19.1 Å². The van der Waals surface area contributed by atoms with Crippen LogP contribution in [0, 0.1) is 30.3 Å². The molecule has 0 radical (unpaired) electrons. The molecule has 7 atom stereocenters. The molecule has 1 spiro atoms. The maximum Gasteiger partial charge on any atom is 0.481 e. The highest BCUT2D eigenvalue weighted by atomic mass is 31.3. The van der Waals surface area contributed by atoms with Crippen molar-refractivity contribution in [3.8, 4) is 0 Å². The van der Waals surface area contributed by atoms with Gasteiger partial charge in [0.25, 0.3) is 12.1 Å². The number of imidazole rings is 1. The molecular formula is C16H20N8O16P2. The molecule has 230 valence electrons. The number of phosphoric acid groups is 2. The minimum atomic E-state index is -5.51. The van der Waals surface area contributed by atoms with Crippen molar-refractivity contribution in [1.29, 1.82) is 0 Å². The normalized spacial score (nSPS) is 34.3. The average molecular weight is 642 g/mol. The van der Waals surface area contributed by atoms with Crippen molar-refractivity contribution >= 4 is 32.6 Å². The zero-order valence-electron chi connectivity index (χ0n) is 20.6. The van der Waals surface area contributed by atoms with Crippen LogP contribution in [0.4, 0.5) is 5.82 Å². The van der Waals surface area contributed by atoms with Gasteiger partial charge in [0.15, 0.2) is 17.7 Å². The van der Waals surface area contributed by atoms with Crippen molar-refractivity contribution < 1.29 is 61.6 Å². The Kier molecular flexibility index (Phi) is 7.50. The predicted molar refractivity (Wildman–Crippen MR) is 127 cm³/mol. The molecule has 7 unspecified atom stereocenters. The number of ether oxygens (including phenoxy) is 3. The Balaban J connectivity index is 1.55. The maximum absolute atomic E-state index is 12.1. The number of aromatic nitrogens is 4. The Morgan fingerprint density at radius 2 is 1.64 bits per heavy atom. The monoisotopic (exact) mass is 642 g/mol. The van der Waals surface area contributed by atoms with E-state index in [-0.39, 0.29) is 17.0 Å². The molecule has 2 saturated heterocycles. The van der Waals surface area contributed by atoms with Gasteiger partial charge in [-0.05, 0) is 0 Å². The van der Waals surface area contributed by atoms with Crippen LogP contribution >= 0.6 is 15.6 Å². The van der Waals surface area contributed by atoms with Crippen LogP contribution in [0.3, 0.4) is 0 Å². The fourth-order valence-corrected chi connectivity index (χ4v) is 6.88. The van der Waals surface area contributed by atoms with Gasteiger partial charge in [0, 0.05) is 14.8 Å². The summed E-state index contributed by atoms with van der Waals surface area (Å²) in [7, 11) is -10.9. The minimum Gasteiger partial charge on any atom is -0.382 e. The van der Waals surface area contributed by atoms with Gasteiger partial charge in [-0.1, -0.05) is 0 Å². The summed E-state index contributed by atoms with van der Waals surface area (Å²) in [5.74, 6) is -2.73. The van der Waals surface area contributed by atoms with E-state index in [4.69, 9.17) is 29.7 Å².